The van der Waals surface area contributed by atoms with Crippen molar-refractivity contribution in [3.63, 3.8) is 0 Å². The van der Waals surface area contributed by atoms with E-state index in [9.17, 15) is 4.79 Å². The molecule has 1 heterocycles. The Kier molecular flexibility index (Phi) is 7.22. The molecule has 0 fully saturated rings. The fourth-order valence-corrected chi connectivity index (χ4v) is 3.66. The van der Waals surface area contributed by atoms with Crippen LogP contribution in [0.15, 0.2) is 58.2 Å². The van der Waals surface area contributed by atoms with E-state index >= 15 is 0 Å². The van der Waals surface area contributed by atoms with Gasteiger partial charge >= 0.3 is 0 Å². The van der Waals surface area contributed by atoms with Crippen molar-refractivity contribution in [3.8, 4) is 23.0 Å². The number of carbonyl (C=O) groups excluding carboxylic acids is 1. The number of methoxy groups -OCH3 is 2. The Balaban J connectivity index is 1.70. The van der Waals surface area contributed by atoms with Crippen molar-refractivity contribution in [2.75, 3.05) is 20.0 Å². The molecule has 31 heavy (non-hydrogen) atoms. The van der Waals surface area contributed by atoms with Crippen molar-refractivity contribution in [1.82, 2.24) is 15.1 Å². The van der Waals surface area contributed by atoms with Gasteiger partial charge in [-0.3, -0.25) is 4.79 Å². The fourth-order valence-electron chi connectivity index (χ4n) is 3.02. The summed E-state index contributed by atoms with van der Waals surface area (Å²) in [5, 5.41) is 8.51. The Morgan fingerprint density at radius 3 is 2.45 bits per heavy atom. The summed E-state index contributed by atoms with van der Waals surface area (Å²) in [6.45, 7) is 6.62. The number of hydrogen-bond donors (Lipinski definition) is 0. The molecule has 0 N–H and O–H groups in total. The van der Waals surface area contributed by atoms with E-state index in [2.05, 4.69) is 10.2 Å². The molecule has 0 aliphatic heterocycles. The first-order valence-electron chi connectivity index (χ1n) is 9.85. The minimum absolute atomic E-state index is 0.00290. The molecule has 0 saturated heterocycles. The molecule has 0 unspecified atom stereocenters. The monoisotopic (exact) mass is 441 g/mol. The number of thioether (sulfide) groups is 1. The average Bonchev–Trinajstić information content (AvgIpc) is 3.24. The molecule has 0 radical (unpaired) electrons. The highest BCUT2D eigenvalue weighted by Gasteiger charge is 2.27. The third kappa shape index (κ3) is 5.79. The second-order valence-corrected chi connectivity index (χ2v) is 8.79. The fraction of sp³-hybridized carbons (Fsp3) is 0.348. The number of carbonyl (C=O) groups is 1. The zero-order valence-corrected chi connectivity index (χ0v) is 19.2. The highest BCUT2D eigenvalue weighted by atomic mass is 32.2. The quantitative estimate of drug-likeness (QED) is 0.470. The molecule has 3 aromatic rings. The minimum Gasteiger partial charge on any atom is -0.497 e. The second kappa shape index (κ2) is 9.87. The summed E-state index contributed by atoms with van der Waals surface area (Å²) in [6, 6.07) is 15.3. The number of ether oxygens (including phenoxy) is 2. The smallest absolute Gasteiger partial charge is 0.277 e. The lowest BCUT2D eigenvalue weighted by molar-refractivity contribution is -0.133. The molecule has 0 saturated carbocycles. The second-order valence-electron chi connectivity index (χ2n) is 7.86. The predicted octanol–water partition coefficient (Wildman–Crippen LogP) is 4.67. The van der Waals surface area contributed by atoms with Crippen molar-refractivity contribution in [2.24, 2.45) is 0 Å². The van der Waals surface area contributed by atoms with Crippen LogP contribution in [-0.4, -0.2) is 46.5 Å². The normalized spacial score (nSPS) is 11.3. The van der Waals surface area contributed by atoms with Crippen molar-refractivity contribution < 1.29 is 18.7 Å². The first kappa shape index (κ1) is 22.7. The van der Waals surface area contributed by atoms with Crippen molar-refractivity contribution >= 4 is 17.7 Å². The van der Waals surface area contributed by atoms with E-state index in [0.717, 1.165) is 5.56 Å². The standard InChI is InChI=1S/C23H27N3O4S/c1-23(2,3)26(14-16-9-7-6-8-10-16)20(27)15-31-22-25-24-21(30-22)18-12-11-17(28-4)13-19(18)29-5/h6-13H,14-15H2,1-5H3. The topological polar surface area (TPSA) is 77.7 Å². The first-order chi connectivity index (χ1) is 14.8. The molecule has 1 amide bonds. The number of hydrogen-bond acceptors (Lipinski definition) is 7. The molecule has 2 aromatic carbocycles. The Morgan fingerprint density at radius 1 is 1.06 bits per heavy atom. The lowest BCUT2D eigenvalue weighted by atomic mass is 10.0. The molecule has 3 rings (SSSR count). The summed E-state index contributed by atoms with van der Waals surface area (Å²) >= 11 is 1.22. The van der Waals surface area contributed by atoms with Gasteiger partial charge < -0.3 is 18.8 Å². The largest absolute Gasteiger partial charge is 0.497 e. The molecular formula is C23H27N3O4S. The lowest BCUT2D eigenvalue weighted by Crippen LogP contribution is -2.45. The highest BCUT2D eigenvalue weighted by molar-refractivity contribution is 7.99. The Morgan fingerprint density at radius 2 is 1.81 bits per heavy atom. The van der Waals surface area contributed by atoms with Crippen molar-refractivity contribution in [1.29, 1.82) is 0 Å². The van der Waals surface area contributed by atoms with Crippen LogP contribution in [-0.2, 0) is 11.3 Å². The van der Waals surface area contributed by atoms with Gasteiger partial charge in [-0.1, -0.05) is 42.1 Å². The minimum atomic E-state index is -0.316. The van der Waals surface area contributed by atoms with E-state index in [4.69, 9.17) is 13.9 Å². The molecule has 0 bridgehead atoms. The predicted molar refractivity (Wildman–Crippen MR) is 120 cm³/mol. The van der Waals surface area contributed by atoms with Crippen molar-refractivity contribution in [3.05, 3.63) is 54.1 Å². The maximum Gasteiger partial charge on any atom is 0.277 e. The van der Waals surface area contributed by atoms with Crippen LogP contribution in [0.4, 0.5) is 0 Å². The molecule has 0 spiro atoms. The van der Waals surface area contributed by atoms with Gasteiger partial charge in [0.2, 0.25) is 5.91 Å². The van der Waals surface area contributed by atoms with Gasteiger partial charge in [0.1, 0.15) is 11.5 Å². The number of aromatic nitrogens is 2. The maximum atomic E-state index is 13.0. The van der Waals surface area contributed by atoms with Gasteiger partial charge in [-0.15, -0.1) is 10.2 Å². The van der Waals surface area contributed by atoms with E-state index in [1.54, 1.807) is 32.4 Å². The van der Waals surface area contributed by atoms with Gasteiger partial charge in [0.25, 0.3) is 11.1 Å². The number of benzene rings is 2. The van der Waals surface area contributed by atoms with E-state index in [0.29, 0.717) is 34.7 Å². The summed E-state index contributed by atoms with van der Waals surface area (Å²) in [6.07, 6.45) is 0. The maximum absolute atomic E-state index is 13.0. The lowest BCUT2D eigenvalue weighted by Gasteiger charge is -2.35. The summed E-state index contributed by atoms with van der Waals surface area (Å²) in [7, 11) is 3.16. The Hall–Kier alpha value is -3.00. The molecule has 164 valence electrons. The summed E-state index contributed by atoms with van der Waals surface area (Å²) in [5.41, 5.74) is 1.43. The van der Waals surface area contributed by atoms with Crippen LogP contribution >= 0.6 is 11.8 Å². The van der Waals surface area contributed by atoms with Gasteiger partial charge in [0.15, 0.2) is 0 Å². The van der Waals surface area contributed by atoms with E-state index in [1.165, 1.54) is 11.8 Å². The third-order valence-corrected chi connectivity index (χ3v) is 5.46. The Bertz CT molecular complexity index is 1020. The summed E-state index contributed by atoms with van der Waals surface area (Å²) in [4.78, 5) is 14.9. The zero-order chi connectivity index (χ0) is 22.4. The molecular weight excluding hydrogens is 414 g/mol. The molecule has 7 nitrogen and oxygen atoms in total. The Labute approximate surface area is 186 Å². The van der Waals surface area contributed by atoms with Gasteiger partial charge in [-0.2, -0.15) is 0 Å². The number of rotatable bonds is 8. The molecule has 1 aromatic heterocycles. The van der Waals surface area contributed by atoms with Crippen LogP contribution in [0.3, 0.4) is 0 Å². The third-order valence-electron chi connectivity index (χ3n) is 4.66. The van der Waals surface area contributed by atoms with Crippen LogP contribution < -0.4 is 9.47 Å². The molecule has 0 aliphatic carbocycles. The zero-order valence-electron chi connectivity index (χ0n) is 18.4. The van der Waals surface area contributed by atoms with Crippen LogP contribution in [0.25, 0.3) is 11.5 Å². The van der Waals surface area contributed by atoms with Crippen LogP contribution in [0, 0.1) is 0 Å². The number of nitrogens with zero attached hydrogens (tertiary/aromatic N) is 3. The average molecular weight is 442 g/mol. The molecule has 0 atom stereocenters. The van der Waals surface area contributed by atoms with E-state index in [-0.39, 0.29) is 17.2 Å². The van der Waals surface area contributed by atoms with Crippen molar-refractivity contribution in [2.45, 2.75) is 38.1 Å². The SMILES string of the molecule is COc1ccc(-c2nnc(SCC(=O)N(Cc3ccccc3)C(C)(C)C)o2)c(OC)c1. The van der Waals surface area contributed by atoms with Crippen LogP contribution in [0.1, 0.15) is 26.3 Å². The van der Waals surface area contributed by atoms with Gasteiger partial charge in [-0.25, -0.2) is 0 Å². The van der Waals surface area contributed by atoms with Crippen LogP contribution in [0.2, 0.25) is 0 Å². The number of amides is 1. The van der Waals surface area contributed by atoms with Gasteiger partial charge in [0, 0.05) is 18.2 Å². The molecule has 0 aliphatic rings. The van der Waals surface area contributed by atoms with Gasteiger partial charge in [-0.05, 0) is 38.5 Å². The van der Waals surface area contributed by atoms with Gasteiger partial charge in [0.05, 0.1) is 25.5 Å². The van der Waals surface area contributed by atoms with Crippen LogP contribution in [0.5, 0.6) is 11.5 Å². The van der Waals surface area contributed by atoms with E-state index in [1.807, 2.05) is 56.0 Å². The van der Waals surface area contributed by atoms with E-state index < -0.39 is 0 Å². The summed E-state index contributed by atoms with van der Waals surface area (Å²) in [5.74, 6) is 1.76. The first-order valence-corrected chi connectivity index (χ1v) is 10.8. The molecule has 8 heteroatoms. The highest BCUT2D eigenvalue weighted by Crippen LogP contribution is 2.33. The summed E-state index contributed by atoms with van der Waals surface area (Å²) < 4.78 is 16.4.